The fourth-order valence-electron chi connectivity index (χ4n) is 2.20. The maximum Gasteiger partial charge on any atom is 0.254 e. The normalized spacial score (nSPS) is 11.1. The highest BCUT2D eigenvalue weighted by Crippen LogP contribution is 2.25. The Bertz CT molecular complexity index is 1010. The summed E-state index contributed by atoms with van der Waals surface area (Å²) in [5.74, 6) is -0.984. The Morgan fingerprint density at radius 2 is 1.63 bits per heavy atom. The smallest absolute Gasteiger partial charge is 0.254 e. The summed E-state index contributed by atoms with van der Waals surface area (Å²) in [5, 5.41) is 3.26. The van der Waals surface area contributed by atoms with E-state index in [1.807, 2.05) is 0 Å². The third-order valence-electron chi connectivity index (χ3n) is 3.51. The molecule has 0 fully saturated rings. The molecule has 0 bridgehead atoms. The van der Waals surface area contributed by atoms with Crippen molar-refractivity contribution in [3.63, 3.8) is 0 Å². The lowest BCUT2D eigenvalue weighted by Crippen LogP contribution is -2.35. The first-order valence-electron chi connectivity index (χ1n) is 7.49. The monoisotopic (exact) mass is 448 g/mol. The van der Waals surface area contributed by atoms with Gasteiger partial charge in [-0.3, -0.25) is 9.59 Å². The Hall–Kier alpha value is -1.80. The number of anilines is 1. The highest BCUT2D eigenvalue weighted by atomic mass is 35.5. The van der Waals surface area contributed by atoms with Crippen LogP contribution in [-0.2, 0) is 14.6 Å². The fraction of sp³-hybridized carbons (Fsp3) is 0.176. The van der Waals surface area contributed by atoms with Crippen LogP contribution in [0.3, 0.4) is 0 Å². The SMILES string of the molecule is CN(CC(=O)Nc1ccc(Cl)c(Cl)c1)C(=O)c1ccc(Cl)c(S(C)(=O)=O)c1. The van der Waals surface area contributed by atoms with Crippen LogP contribution in [0.4, 0.5) is 5.69 Å². The Balaban J connectivity index is 2.11. The molecule has 0 aliphatic rings. The van der Waals surface area contributed by atoms with Crippen LogP contribution in [0.5, 0.6) is 0 Å². The summed E-state index contributed by atoms with van der Waals surface area (Å²) in [4.78, 5) is 25.6. The number of likely N-dealkylation sites (N-methyl/N-ethyl adjacent to an activating group) is 1. The zero-order valence-electron chi connectivity index (χ0n) is 14.3. The molecule has 0 saturated carbocycles. The molecule has 1 N–H and O–H groups in total. The molecule has 10 heteroatoms. The number of benzene rings is 2. The number of nitrogens with zero attached hydrogens (tertiary/aromatic N) is 1. The number of sulfone groups is 1. The molecule has 0 atom stereocenters. The molecular formula is C17H15Cl3N2O4S. The molecule has 0 unspecified atom stereocenters. The van der Waals surface area contributed by atoms with E-state index < -0.39 is 21.7 Å². The van der Waals surface area contributed by atoms with Crippen molar-refractivity contribution < 1.29 is 18.0 Å². The second-order valence-electron chi connectivity index (χ2n) is 5.76. The minimum atomic E-state index is -3.59. The molecule has 6 nitrogen and oxygen atoms in total. The number of rotatable bonds is 5. The van der Waals surface area contributed by atoms with Gasteiger partial charge in [0.2, 0.25) is 5.91 Å². The lowest BCUT2D eigenvalue weighted by Gasteiger charge is -2.17. The van der Waals surface area contributed by atoms with Crippen molar-refractivity contribution in [3.8, 4) is 0 Å². The molecular weight excluding hydrogens is 435 g/mol. The van der Waals surface area contributed by atoms with E-state index in [9.17, 15) is 18.0 Å². The average Bonchev–Trinajstić information content (AvgIpc) is 2.56. The van der Waals surface area contributed by atoms with Crippen molar-refractivity contribution in [2.75, 3.05) is 25.2 Å². The van der Waals surface area contributed by atoms with E-state index in [1.54, 1.807) is 6.07 Å². The number of nitrogens with one attached hydrogen (secondary N) is 1. The van der Waals surface area contributed by atoms with Gasteiger partial charge in [-0.25, -0.2) is 8.42 Å². The van der Waals surface area contributed by atoms with Gasteiger partial charge in [-0.2, -0.15) is 0 Å². The first-order valence-corrected chi connectivity index (χ1v) is 10.5. The molecule has 2 aromatic carbocycles. The van der Waals surface area contributed by atoms with Crippen LogP contribution in [0.1, 0.15) is 10.4 Å². The Morgan fingerprint density at radius 3 is 2.22 bits per heavy atom. The Morgan fingerprint density at radius 1 is 1.00 bits per heavy atom. The zero-order valence-corrected chi connectivity index (χ0v) is 17.4. The standard InChI is InChI=1S/C17H15Cl3N2O4S/c1-22(9-16(23)21-11-4-6-12(18)14(20)8-11)17(24)10-3-5-13(19)15(7-10)27(2,25)26/h3-8H,9H2,1-2H3,(H,21,23). The van der Waals surface area contributed by atoms with Crippen molar-refractivity contribution in [1.29, 1.82) is 0 Å². The van der Waals surface area contributed by atoms with Gasteiger partial charge in [-0.1, -0.05) is 34.8 Å². The van der Waals surface area contributed by atoms with Crippen LogP contribution >= 0.6 is 34.8 Å². The minimum absolute atomic E-state index is 0.0223. The second kappa shape index (κ2) is 8.48. The zero-order chi connectivity index (χ0) is 20.4. The fourth-order valence-corrected chi connectivity index (χ4v) is 3.80. The van der Waals surface area contributed by atoms with E-state index in [0.717, 1.165) is 11.2 Å². The van der Waals surface area contributed by atoms with Crippen molar-refractivity contribution >= 4 is 62.1 Å². The molecule has 2 aromatic rings. The van der Waals surface area contributed by atoms with Crippen molar-refractivity contribution in [3.05, 3.63) is 57.0 Å². The molecule has 2 rings (SSSR count). The molecule has 144 valence electrons. The minimum Gasteiger partial charge on any atom is -0.332 e. The van der Waals surface area contributed by atoms with Crippen LogP contribution < -0.4 is 5.32 Å². The topological polar surface area (TPSA) is 83.6 Å². The first-order chi connectivity index (χ1) is 12.5. The summed E-state index contributed by atoms with van der Waals surface area (Å²) in [6.45, 7) is -0.254. The van der Waals surface area contributed by atoms with Gasteiger partial charge in [0.1, 0.15) is 0 Å². The van der Waals surface area contributed by atoms with Crippen molar-refractivity contribution in [1.82, 2.24) is 4.90 Å². The van der Waals surface area contributed by atoms with E-state index in [2.05, 4.69) is 5.32 Å². The van der Waals surface area contributed by atoms with Crippen LogP contribution in [0.25, 0.3) is 0 Å². The predicted octanol–water partition coefficient (Wildman–Crippen LogP) is 3.76. The van der Waals surface area contributed by atoms with Crippen molar-refractivity contribution in [2.45, 2.75) is 4.90 Å². The second-order valence-corrected chi connectivity index (χ2v) is 8.96. The maximum absolute atomic E-state index is 12.5. The van der Waals surface area contributed by atoms with Gasteiger partial charge in [0.25, 0.3) is 5.91 Å². The molecule has 0 saturated heterocycles. The quantitative estimate of drug-likeness (QED) is 0.753. The van der Waals surface area contributed by atoms with Gasteiger partial charge in [-0.15, -0.1) is 0 Å². The lowest BCUT2D eigenvalue weighted by atomic mass is 10.2. The first kappa shape index (κ1) is 21.5. The van der Waals surface area contributed by atoms with Gasteiger partial charge in [-0.05, 0) is 36.4 Å². The number of halogens is 3. The van der Waals surface area contributed by atoms with E-state index in [4.69, 9.17) is 34.8 Å². The Labute approximate surface area is 171 Å². The van der Waals surface area contributed by atoms with Gasteiger partial charge >= 0.3 is 0 Å². The predicted molar refractivity (Wildman–Crippen MR) is 107 cm³/mol. The number of hydrogen-bond acceptors (Lipinski definition) is 4. The molecule has 0 heterocycles. The van der Waals surface area contributed by atoms with Gasteiger partial charge in [0.05, 0.1) is 26.5 Å². The van der Waals surface area contributed by atoms with Gasteiger partial charge in [0, 0.05) is 24.6 Å². The third kappa shape index (κ3) is 5.59. The lowest BCUT2D eigenvalue weighted by molar-refractivity contribution is -0.116. The maximum atomic E-state index is 12.5. The van der Waals surface area contributed by atoms with E-state index in [1.165, 1.54) is 37.4 Å². The molecule has 27 heavy (non-hydrogen) atoms. The summed E-state index contributed by atoms with van der Waals surface area (Å²) in [6, 6.07) is 8.51. The van der Waals surface area contributed by atoms with Gasteiger partial charge < -0.3 is 10.2 Å². The summed E-state index contributed by atoms with van der Waals surface area (Å²) >= 11 is 17.6. The summed E-state index contributed by atoms with van der Waals surface area (Å²) < 4.78 is 23.5. The number of hydrogen-bond donors (Lipinski definition) is 1. The number of amides is 2. The van der Waals surface area contributed by atoms with Crippen molar-refractivity contribution in [2.24, 2.45) is 0 Å². The molecule has 0 spiro atoms. The number of carbonyl (C=O) groups excluding carboxylic acids is 2. The number of carbonyl (C=O) groups is 2. The third-order valence-corrected chi connectivity index (χ3v) is 5.83. The summed E-state index contributed by atoms with van der Waals surface area (Å²) in [6.07, 6.45) is 0.997. The molecule has 0 aliphatic heterocycles. The van der Waals surface area contributed by atoms with Crippen LogP contribution in [0.15, 0.2) is 41.3 Å². The molecule has 0 aromatic heterocycles. The highest BCUT2D eigenvalue weighted by molar-refractivity contribution is 7.90. The molecule has 2 amide bonds. The summed E-state index contributed by atoms with van der Waals surface area (Å²) in [7, 11) is -2.17. The Kier molecular flexibility index (Phi) is 6.75. The average molecular weight is 450 g/mol. The van der Waals surface area contributed by atoms with Crippen LogP contribution in [0, 0.1) is 0 Å². The largest absolute Gasteiger partial charge is 0.332 e. The van der Waals surface area contributed by atoms with Crippen LogP contribution in [-0.4, -0.2) is 45.0 Å². The highest BCUT2D eigenvalue weighted by Gasteiger charge is 2.19. The van der Waals surface area contributed by atoms with Crippen LogP contribution in [0.2, 0.25) is 15.1 Å². The summed E-state index contributed by atoms with van der Waals surface area (Å²) in [5.41, 5.74) is 0.533. The molecule has 0 radical (unpaired) electrons. The van der Waals surface area contributed by atoms with E-state index >= 15 is 0 Å². The van der Waals surface area contributed by atoms with E-state index in [0.29, 0.717) is 10.7 Å². The van der Waals surface area contributed by atoms with E-state index in [-0.39, 0.29) is 27.0 Å². The molecule has 0 aliphatic carbocycles. The van der Waals surface area contributed by atoms with Gasteiger partial charge in [0.15, 0.2) is 9.84 Å².